The van der Waals surface area contributed by atoms with Crippen molar-refractivity contribution in [2.24, 2.45) is 5.92 Å². The molecule has 0 unspecified atom stereocenters. The maximum absolute atomic E-state index is 14.7. The van der Waals surface area contributed by atoms with E-state index in [1.165, 1.54) is 14.0 Å². The fraction of sp³-hybridized carbons (Fsp3) is 0.380. The summed E-state index contributed by atoms with van der Waals surface area (Å²) >= 11 is 3.64. The molecule has 14 heteroatoms. The summed E-state index contributed by atoms with van der Waals surface area (Å²) in [4.78, 5) is 42.0. The third kappa shape index (κ3) is 11.5. The molecule has 3 heterocycles. The standard InChI is InChI=1S/C50H54BrNO12/c1-32-43(37-23-14-7-15-24-37)64-50(56)52(32)48(55)38(27-34-17-8-4-9-18-34)44(61-33(2)54)41-28-39(51)40(62-41)25-16-26-58-47-46(60-31-36-21-12-6-13-22-36)45(42(29-53)63-49(47)57-3)59-30-35-19-10-5-11-20-35/h4-15,17-24,28,32,38,42-47,49,53H,16,25-27,29-31H2,1-3H3/t32-,38-,42+,43-,44-,45+,46-,47-,49-/m0/s1. The van der Waals surface area contributed by atoms with Gasteiger partial charge in [0.25, 0.3) is 0 Å². The van der Waals surface area contributed by atoms with Crippen molar-refractivity contribution in [2.75, 3.05) is 20.3 Å². The van der Waals surface area contributed by atoms with Crippen LogP contribution in [0.1, 0.15) is 66.3 Å². The summed E-state index contributed by atoms with van der Waals surface area (Å²) in [6.45, 7) is 3.45. The minimum absolute atomic E-state index is 0.135. The van der Waals surface area contributed by atoms with Crippen LogP contribution in [0.5, 0.6) is 0 Å². The summed E-state index contributed by atoms with van der Waals surface area (Å²) in [7, 11) is 1.51. The molecule has 0 spiro atoms. The molecule has 0 aliphatic carbocycles. The van der Waals surface area contributed by atoms with E-state index in [1.807, 2.05) is 121 Å². The van der Waals surface area contributed by atoms with Crippen molar-refractivity contribution in [1.29, 1.82) is 0 Å². The van der Waals surface area contributed by atoms with Crippen LogP contribution in [0.25, 0.3) is 0 Å². The minimum Gasteiger partial charge on any atom is -0.461 e. The Kier molecular flexibility index (Phi) is 16.5. The number of furan rings is 1. The van der Waals surface area contributed by atoms with Crippen molar-refractivity contribution in [3.05, 3.63) is 166 Å². The first-order valence-electron chi connectivity index (χ1n) is 21.4. The van der Waals surface area contributed by atoms with Gasteiger partial charge in [-0.1, -0.05) is 121 Å². The number of cyclic esters (lactones) is 1. The number of carbonyl (C=O) groups is 3. The number of amides is 2. The molecule has 1 N–H and O–H groups in total. The number of aliphatic hydroxyl groups excluding tert-OH is 1. The van der Waals surface area contributed by atoms with Crippen molar-refractivity contribution in [3.63, 3.8) is 0 Å². The number of ether oxygens (including phenoxy) is 7. The summed E-state index contributed by atoms with van der Waals surface area (Å²) in [5.74, 6) is -1.48. The van der Waals surface area contributed by atoms with E-state index in [4.69, 9.17) is 37.6 Å². The van der Waals surface area contributed by atoms with Crippen LogP contribution >= 0.6 is 15.9 Å². The number of carbonyl (C=O) groups excluding carboxylic acids is 3. The highest BCUT2D eigenvalue weighted by Crippen LogP contribution is 2.40. The van der Waals surface area contributed by atoms with Gasteiger partial charge in [-0.2, -0.15) is 0 Å². The van der Waals surface area contributed by atoms with Crippen molar-refractivity contribution < 1.29 is 57.1 Å². The zero-order chi connectivity index (χ0) is 45.0. The van der Waals surface area contributed by atoms with Gasteiger partial charge in [-0.25, -0.2) is 9.69 Å². The Morgan fingerprint density at radius 2 is 1.38 bits per heavy atom. The number of methoxy groups -OCH3 is 1. The minimum atomic E-state index is -1.20. The van der Waals surface area contributed by atoms with E-state index in [0.717, 1.165) is 27.2 Å². The summed E-state index contributed by atoms with van der Waals surface area (Å²) in [5.41, 5.74) is 3.46. The molecular weight excluding hydrogens is 886 g/mol. The molecule has 2 amide bonds. The maximum Gasteiger partial charge on any atom is 0.417 e. The van der Waals surface area contributed by atoms with Crippen molar-refractivity contribution in [1.82, 2.24) is 4.90 Å². The predicted molar refractivity (Wildman–Crippen MR) is 237 cm³/mol. The molecule has 0 saturated carbocycles. The number of esters is 1. The lowest BCUT2D eigenvalue weighted by atomic mass is 9.90. The second-order valence-electron chi connectivity index (χ2n) is 15.8. The van der Waals surface area contributed by atoms with E-state index >= 15 is 0 Å². The van der Waals surface area contributed by atoms with Crippen LogP contribution in [0.4, 0.5) is 4.79 Å². The third-order valence-electron chi connectivity index (χ3n) is 11.4. The zero-order valence-electron chi connectivity index (χ0n) is 36.0. The lowest BCUT2D eigenvalue weighted by Gasteiger charge is -2.45. The lowest BCUT2D eigenvalue weighted by molar-refractivity contribution is -0.319. The molecule has 2 aliphatic rings. The Morgan fingerprint density at radius 1 is 0.797 bits per heavy atom. The fourth-order valence-electron chi connectivity index (χ4n) is 8.24. The van der Waals surface area contributed by atoms with E-state index in [0.29, 0.717) is 23.1 Å². The number of aryl methyl sites for hydroxylation is 1. The van der Waals surface area contributed by atoms with Crippen LogP contribution in [0.15, 0.2) is 136 Å². The van der Waals surface area contributed by atoms with Crippen molar-refractivity contribution in [3.8, 4) is 0 Å². The Balaban J connectivity index is 1.09. The Bertz CT molecular complexity index is 2240. The van der Waals surface area contributed by atoms with E-state index < -0.39 is 72.8 Å². The molecule has 1 aromatic heterocycles. The summed E-state index contributed by atoms with van der Waals surface area (Å²) in [5, 5.41) is 10.4. The molecule has 5 aromatic rings. The van der Waals surface area contributed by atoms with Crippen LogP contribution in [0.2, 0.25) is 0 Å². The Morgan fingerprint density at radius 3 is 1.95 bits per heavy atom. The quantitative estimate of drug-likeness (QED) is 0.0589. The molecular formula is C50H54BrNO12. The summed E-state index contributed by atoms with van der Waals surface area (Å²) in [6, 6.07) is 39.1. The number of halogens is 1. The van der Waals surface area contributed by atoms with Crippen LogP contribution in [-0.4, -0.2) is 85.0 Å². The molecule has 2 fully saturated rings. The van der Waals surface area contributed by atoms with Gasteiger partial charge in [-0.05, 0) is 64.0 Å². The van der Waals surface area contributed by atoms with Gasteiger partial charge in [0.1, 0.15) is 42.0 Å². The first-order chi connectivity index (χ1) is 31.1. The van der Waals surface area contributed by atoms with Crippen LogP contribution in [0.3, 0.4) is 0 Å². The molecule has 64 heavy (non-hydrogen) atoms. The van der Waals surface area contributed by atoms with Gasteiger partial charge in [0, 0.05) is 27.1 Å². The smallest absolute Gasteiger partial charge is 0.417 e. The zero-order valence-corrected chi connectivity index (χ0v) is 37.6. The van der Waals surface area contributed by atoms with Crippen LogP contribution in [0, 0.1) is 5.92 Å². The molecule has 4 aromatic carbocycles. The summed E-state index contributed by atoms with van der Waals surface area (Å²) in [6.07, 6.45) is -5.43. The molecule has 0 radical (unpaired) electrons. The number of rotatable bonds is 20. The van der Waals surface area contributed by atoms with Gasteiger partial charge in [0.15, 0.2) is 12.4 Å². The molecule has 338 valence electrons. The highest BCUT2D eigenvalue weighted by Gasteiger charge is 2.50. The van der Waals surface area contributed by atoms with Crippen molar-refractivity contribution >= 4 is 33.9 Å². The SMILES string of the molecule is CO[C@H]1O[C@H](CO)[C@@H](OCc2ccccc2)[C@H](OCc2ccccc2)[C@@H]1OCCCc1oc([C@@H](OC(C)=O)[C@H](Cc2ccccc2)C(=O)N2C(=O)O[C@H](c3ccccc3)[C@@H]2C)cc1Br. The van der Waals surface area contributed by atoms with Gasteiger partial charge in [0.2, 0.25) is 5.91 Å². The predicted octanol–water partition coefficient (Wildman–Crippen LogP) is 8.47. The van der Waals surface area contributed by atoms with E-state index in [-0.39, 0.29) is 38.6 Å². The van der Waals surface area contributed by atoms with Crippen LogP contribution in [-0.2, 0) is 68.8 Å². The summed E-state index contributed by atoms with van der Waals surface area (Å²) < 4.78 is 50.2. The highest BCUT2D eigenvalue weighted by molar-refractivity contribution is 9.10. The number of aliphatic hydroxyl groups is 1. The lowest BCUT2D eigenvalue weighted by Crippen LogP contribution is -2.61. The number of imide groups is 1. The van der Waals surface area contributed by atoms with Gasteiger partial charge in [-0.15, -0.1) is 0 Å². The number of benzene rings is 4. The molecule has 13 nitrogen and oxygen atoms in total. The number of hydrogen-bond donors (Lipinski definition) is 1. The highest BCUT2D eigenvalue weighted by atomic mass is 79.9. The number of nitrogens with zero attached hydrogens (tertiary/aromatic N) is 1. The second kappa shape index (κ2) is 22.6. The third-order valence-corrected chi connectivity index (χ3v) is 12.1. The van der Waals surface area contributed by atoms with Gasteiger partial charge >= 0.3 is 12.1 Å². The van der Waals surface area contributed by atoms with Gasteiger partial charge in [0.05, 0.1) is 36.3 Å². The second-order valence-corrected chi connectivity index (χ2v) is 16.7. The van der Waals surface area contributed by atoms with Crippen LogP contribution < -0.4 is 0 Å². The van der Waals surface area contributed by atoms with E-state index in [9.17, 15) is 19.5 Å². The van der Waals surface area contributed by atoms with Crippen molar-refractivity contribution in [2.45, 2.75) is 95.3 Å². The molecule has 2 saturated heterocycles. The molecule has 7 rings (SSSR count). The maximum atomic E-state index is 14.7. The largest absolute Gasteiger partial charge is 0.461 e. The topological polar surface area (TPSA) is 152 Å². The molecule has 9 atom stereocenters. The Hall–Kier alpha value is -5.19. The van der Waals surface area contributed by atoms with E-state index in [1.54, 1.807) is 13.0 Å². The van der Waals surface area contributed by atoms with Gasteiger partial charge in [-0.3, -0.25) is 9.59 Å². The number of hydrogen-bond acceptors (Lipinski definition) is 12. The normalized spacial score (nSPS) is 23.0. The Labute approximate surface area is 381 Å². The average molecular weight is 941 g/mol. The monoisotopic (exact) mass is 939 g/mol. The average Bonchev–Trinajstić information content (AvgIpc) is 3.84. The first kappa shape index (κ1) is 46.8. The van der Waals surface area contributed by atoms with Gasteiger partial charge < -0.3 is 42.7 Å². The fourth-order valence-corrected chi connectivity index (χ4v) is 8.74. The first-order valence-corrected chi connectivity index (χ1v) is 22.2. The van der Waals surface area contributed by atoms with E-state index in [2.05, 4.69) is 15.9 Å². The molecule has 0 bridgehead atoms. The molecule has 2 aliphatic heterocycles.